The van der Waals surface area contributed by atoms with Crippen molar-refractivity contribution in [1.29, 1.82) is 0 Å². The second-order valence-electron chi connectivity index (χ2n) is 5.42. The zero-order valence-corrected chi connectivity index (χ0v) is 11.8. The predicted octanol–water partition coefficient (Wildman–Crippen LogP) is 1.01. The summed E-state index contributed by atoms with van der Waals surface area (Å²) in [6.07, 6.45) is -2.94. The highest BCUT2D eigenvalue weighted by Crippen LogP contribution is 2.27. The van der Waals surface area contributed by atoms with Gasteiger partial charge in [-0.05, 0) is 32.4 Å². The Kier molecular flexibility index (Phi) is 4.80. The molecule has 0 spiro atoms. The molecule has 0 aliphatic carbocycles. The highest BCUT2D eigenvalue weighted by molar-refractivity contribution is 5.13. The molecule has 1 aromatic heterocycles. The molecule has 21 heavy (non-hydrogen) atoms. The van der Waals surface area contributed by atoms with Crippen LogP contribution in [0.1, 0.15) is 30.1 Å². The van der Waals surface area contributed by atoms with Crippen molar-refractivity contribution >= 4 is 0 Å². The maximum absolute atomic E-state index is 12.7. The van der Waals surface area contributed by atoms with Gasteiger partial charge in [-0.15, -0.1) is 0 Å². The van der Waals surface area contributed by atoms with Crippen LogP contribution in [0.2, 0.25) is 0 Å². The first kappa shape index (κ1) is 16.1. The van der Waals surface area contributed by atoms with E-state index in [2.05, 4.69) is 20.6 Å². The molecule has 0 saturated carbocycles. The third-order valence-electron chi connectivity index (χ3n) is 3.38. The van der Waals surface area contributed by atoms with E-state index in [0.29, 0.717) is 19.5 Å². The lowest BCUT2D eigenvalue weighted by molar-refractivity contribution is -0.141. The monoisotopic (exact) mass is 304 g/mol. The van der Waals surface area contributed by atoms with Crippen molar-refractivity contribution in [3.05, 3.63) is 23.3 Å². The minimum absolute atomic E-state index is 0.0784. The summed E-state index contributed by atoms with van der Waals surface area (Å²) in [6.45, 7) is 3.23. The Labute approximate surface area is 121 Å². The minimum Gasteiger partial charge on any atom is -0.387 e. The number of halogens is 3. The molecule has 3 N–H and O–H groups in total. The molecule has 0 amide bonds. The first-order valence-corrected chi connectivity index (χ1v) is 6.84. The van der Waals surface area contributed by atoms with Crippen LogP contribution in [0.3, 0.4) is 0 Å². The zero-order chi connectivity index (χ0) is 15.5. The van der Waals surface area contributed by atoms with Crippen LogP contribution in [0, 0.1) is 6.92 Å². The highest BCUT2D eigenvalue weighted by atomic mass is 19.4. The van der Waals surface area contributed by atoms with E-state index in [-0.39, 0.29) is 18.1 Å². The predicted molar refractivity (Wildman–Crippen MR) is 70.5 cm³/mol. The van der Waals surface area contributed by atoms with Crippen LogP contribution >= 0.6 is 0 Å². The summed E-state index contributed by atoms with van der Waals surface area (Å²) < 4.78 is 38.0. The first-order valence-electron chi connectivity index (χ1n) is 6.84. The molecule has 1 fully saturated rings. The number of alkyl halides is 3. The van der Waals surface area contributed by atoms with E-state index in [1.54, 1.807) is 0 Å². The summed E-state index contributed by atoms with van der Waals surface area (Å²) in [5.74, 6) is 0.0784. The summed E-state index contributed by atoms with van der Waals surface area (Å²) in [7, 11) is 0. The fourth-order valence-electron chi connectivity index (χ4n) is 2.36. The highest BCUT2D eigenvalue weighted by Gasteiger charge is 2.33. The number of piperidine rings is 1. The molecule has 1 aromatic rings. The number of hydrogen-bond acceptors (Lipinski definition) is 5. The molecule has 0 bridgehead atoms. The van der Waals surface area contributed by atoms with Crippen molar-refractivity contribution < 1.29 is 18.3 Å². The van der Waals surface area contributed by atoms with Gasteiger partial charge < -0.3 is 15.7 Å². The summed E-state index contributed by atoms with van der Waals surface area (Å²) in [6, 6.07) is 0.919. The van der Waals surface area contributed by atoms with Gasteiger partial charge in [-0.2, -0.15) is 13.2 Å². The van der Waals surface area contributed by atoms with Crippen LogP contribution in [-0.4, -0.2) is 40.3 Å². The van der Waals surface area contributed by atoms with Gasteiger partial charge in [-0.1, -0.05) is 0 Å². The van der Waals surface area contributed by atoms with Crippen LogP contribution in [0.25, 0.3) is 0 Å². The second-order valence-corrected chi connectivity index (χ2v) is 5.42. The third kappa shape index (κ3) is 4.62. The number of nitrogens with zero attached hydrogens (tertiary/aromatic N) is 2. The fraction of sp³-hybridized carbons (Fsp3) is 0.692. The van der Waals surface area contributed by atoms with Crippen LogP contribution in [0.4, 0.5) is 13.2 Å². The standard InChI is InChI=1S/C13H19F3N4O/c1-9-5-10(13(14,15)16)20-11(19-9)6-18-8-12(21)3-2-4-17-7-12/h5,17-18,21H,2-4,6-8H2,1H3/t12-/m0/s1. The zero-order valence-electron chi connectivity index (χ0n) is 11.8. The number of aromatic nitrogens is 2. The molecule has 8 heteroatoms. The quantitative estimate of drug-likeness (QED) is 0.774. The molecule has 1 atom stereocenters. The fourth-order valence-corrected chi connectivity index (χ4v) is 2.36. The lowest BCUT2D eigenvalue weighted by Crippen LogP contribution is -2.51. The Hall–Kier alpha value is -1.25. The van der Waals surface area contributed by atoms with Gasteiger partial charge in [0.2, 0.25) is 0 Å². The van der Waals surface area contributed by atoms with Gasteiger partial charge in [-0.25, -0.2) is 9.97 Å². The number of rotatable bonds is 4. The van der Waals surface area contributed by atoms with Crippen molar-refractivity contribution in [3.63, 3.8) is 0 Å². The van der Waals surface area contributed by atoms with Crippen LogP contribution < -0.4 is 10.6 Å². The molecule has 1 aliphatic heterocycles. The summed E-state index contributed by atoms with van der Waals surface area (Å²) in [5, 5.41) is 16.3. The maximum atomic E-state index is 12.7. The lowest BCUT2D eigenvalue weighted by atomic mass is 9.94. The van der Waals surface area contributed by atoms with Gasteiger partial charge in [0.15, 0.2) is 0 Å². The van der Waals surface area contributed by atoms with Gasteiger partial charge in [-0.3, -0.25) is 0 Å². The minimum atomic E-state index is -4.48. The van der Waals surface area contributed by atoms with E-state index in [4.69, 9.17) is 0 Å². The Bertz CT molecular complexity index is 487. The molecule has 0 radical (unpaired) electrons. The van der Waals surface area contributed by atoms with Gasteiger partial charge >= 0.3 is 6.18 Å². The largest absolute Gasteiger partial charge is 0.433 e. The van der Waals surface area contributed by atoms with Crippen molar-refractivity contribution in [3.8, 4) is 0 Å². The summed E-state index contributed by atoms with van der Waals surface area (Å²) in [5.41, 5.74) is -1.54. The normalized spacial score (nSPS) is 23.3. The van der Waals surface area contributed by atoms with Gasteiger partial charge in [0.05, 0.1) is 12.1 Å². The topological polar surface area (TPSA) is 70.1 Å². The first-order chi connectivity index (χ1) is 9.78. The molecular formula is C13H19F3N4O. The van der Waals surface area contributed by atoms with E-state index in [9.17, 15) is 18.3 Å². The van der Waals surface area contributed by atoms with E-state index < -0.39 is 17.5 Å². The molecule has 2 rings (SSSR count). The molecule has 118 valence electrons. The Balaban J connectivity index is 1.95. The van der Waals surface area contributed by atoms with Crippen molar-refractivity contribution in [2.45, 2.75) is 38.1 Å². The van der Waals surface area contributed by atoms with E-state index >= 15 is 0 Å². The molecule has 2 heterocycles. The van der Waals surface area contributed by atoms with Crippen molar-refractivity contribution in [2.24, 2.45) is 0 Å². The molecule has 1 aliphatic rings. The number of aryl methyl sites for hydroxylation is 1. The van der Waals surface area contributed by atoms with Gasteiger partial charge in [0.1, 0.15) is 11.5 Å². The van der Waals surface area contributed by atoms with Gasteiger partial charge in [0, 0.05) is 18.8 Å². The van der Waals surface area contributed by atoms with Crippen molar-refractivity contribution in [1.82, 2.24) is 20.6 Å². The molecule has 5 nitrogen and oxygen atoms in total. The van der Waals surface area contributed by atoms with Gasteiger partial charge in [0.25, 0.3) is 0 Å². The number of nitrogens with one attached hydrogen (secondary N) is 2. The van der Waals surface area contributed by atoms with E-state index in [1.165, 1.54) is 6.92 Å². The third-order valence-corrected chi connectivity index (χ3v) is 3.38. The smallest absolute Gasteiger partial charge is 0.387 e. The second kappa shape index (κ2) is 6.25. The Morgan fingerprint density at radius 1 is 1.43 bits per heavy atom. The van der Waals surface area contributed by atoms with Crippen molar-refractivity contribution in [2.75, 3.05) is 19.6 Å². The van der Waals surface area contributed by atoms with Crippen LogP contribution in [-0.2, 0) is 12.7 Å². The maximum Gasteiger partial charge on any atom is 0.433 e. The number of aliphatic hydroxyl groups is 1. The molecule has 0 unspecified atom stereocenters. The van der Waals surface area contributed by atoms with Crippen LogP contribution in [0.15, 0.2) is 6.07 Å². The molecular weight excluding hydrogens is 285 g/mol. The summed E-state index contributed by atoms with van der Waals surface area (Å²) >= 11 is 0. The molecule has 1 saturated heterocycles. The van der Waals surface area contributed by atoms with Crippen LogP contribution in [0.5, 0.6) is 0 Å². The van der Waals surface area contributed by atoms with E-state index in [0.717, 1.165) is 19.0 Å². The average molecular weight is 304 g/mol. The SMILES string of the molecule is Cc1cc(C(F)(F)F)nc(CNC[C@]2(O)CCCNC2)n1. The average Bonchev–Trinajstić information content (AvgIpc) is 2.37. The summed E-state index contributed by atoms with van der Waals surface area (Å²) in [4.78, 5) is 7.50. The number of β-amino-alcohol motifs (C(OH)–C–C–N with tert-alkyl or cyclic N) is 1. The van der Waals surface area contributed by atoms with E-state index in [1.807, 2.05) is 0 Å². The Morgan fingerprint density at radius 3 is 2.81 bits per heavy atom. The number of hydrogen-bond donors (Lipinski definition) is 3. The molecule has 0 aromatic carbocycles. The lowest BCUT2D eigenvalue weighted by Gasteiger charge is -2.32. The Morgan fingerprint density at radius 2 is 2.19 bits per heavy atom.